The highest BCUT2D eigenvalue weighted by Gasteiger charge is 2.03. The molecule has 6 heteroatoms. The number of hydrogen-bond acceptors (Lipinski definition) is 3. The maximum Gasteiger partial charge on any atom is 0.269 e. The van der Waals surface area contributed by atoms with E-state index in [1.165, 1.54) is 24.3 Å². The Morgan fingerprint density at radius 3 is 2.38 bits per heavy atom. The van der Waals surface area contributed by atoms with Gasteiger partial charge in [-0.2, -0.15) is 0 Å². The van der Waals surface area contributed by atoms with E-state index in [1.54, 1.807) is 0 Å². The molecule has 2 N–H and O–H groups in total. The first kappa shape index (κ1) is 9.40. The fraction of sp³-hybridized carbons (Fsp3) is 0. The first-order chi connectivity index (χ1) is 6.09. The number of nitrogens with one attached hydrogen (secondary N) is 2. The maximum absolute atomic E-state index is 10.3. The van der Waals surface area contributed by atoms with Crippen LogP contribution in [-0.2, 0) is 0 Å². The lowest BCUT2D eigenvalue weighted by molar-refractivity contribution is -0.384. The Morgan fingerprint density at radius 1 is 1.46 bits per heavy atom. The minimum Gasteiger partial charge on any atom is -0.331 e. The first-order valence-electron chi connectivity index (χ1n) is 3.36. The van der Waals surface area contributed by atoms with Crippen molar-refractivity contribution in [3.05, 3.63) is 34.4 Å². The number of non-ortho nitro benzene ring substituents is 1. The summed E-state index contributed by atoms with van der Waals surface area (Å²) in [6.45, 7) is 0. The second-order valence-electron chi connectivity index (χ2n) is 2.26. The maximum atomic E-state index is 10.3. The van der Waals surface area contributed by atoms with Crippen molar-refractivity contribution < 1.29 is 4.92 Å². The average Bonchev–Trinajstić information content (AvgIpc) is 2.04. The molecule has 1 rings (SSSR count). The van der Waals surface area contributed by atoms with Gasteiger partial charge in [-0.05, 0) is 24.4 Å². The number of benzene rings is 1. The summed E-state index contributed by atoms with van der Waals surface area (Å²) >= 11 is 4.48. The Hall–Kier alpha value is -1.69. The number of nitro benzene ring substituents is 1. The monoisotopic (exact) mass is 196 g/mol. The Kier molecular flexibility index (Phi) is 2.76. The van der Waals surface area contributed by atoms with Gasteiger partial charge in [-0.1, -0.05) is 0 Å². The normalized spacial score (nSPS) is 9.23. The zero-order chi connectivity index (χ0) is 9.84. The molecule has 0 aromatic heterocycles. The van der Waals surface area contributed by atoms with Gasteiger partial charge in [-0.3, -0.25) is 15.8 Å². The van der Waals surface area contributed by atoms with Gasteiger partial charge >= 0.3 is 0 Å². The van der Waals surface area contributed by atoms with Crippen LogP contribution in [0.2, 0.25) is 0 Å². The molecule has 0 aliphatic heterocycles. The van der Waals surface area contributed by atoms with Crippen LogP contribution in [-0.4, -0.2) is 10.0 Å². The molecule has 1 radical (unpaired) electrons. The van der Waals surface area contributed by atoms with Crippen LogP contribution in [0.1, 0.15) is 0 Å². The van der Waals surface area contributed by atoms with E-state index < -0.39 is 4.92 Å². The SMILES string of the molecule is [NH]C(=S)Nc1ccc([N+](=O)[O-])cc1. The van der Waals surface area contributed by atoms with Crippen LogP contribution in [0.15, 0.2) is 24.3 Å². The van der Waals surface area contributed by atoms with Gasteiger partial charge in [0, 0.05) is 17.8 Å². The largest absolute Gasteiger partial charge is 0.331 e. The molecule has 67 valence electrons. The Bertz CT molecular complexity index is 336. The predicted molar refractivity (Wildman–Crippen MR) is 52.4 cm³/mol. The van der Waals surface area contributed by atoms with Gasteiger partial charge in [-0.25, -0.2) is 0 Å². The highest BCUT2D eigenvalue weighted by atomic mass is 32.1. The van der Waals surface area contributed by atoms with E-state index in [9.17, 15) is 10.1 Å². The van der Waals surface area contributed by atoms with Gasteiger partial charge in [0.1, 0.15) is 0 Å². The highest BCUT2D eigenvalue weighted by molar-refractivity contribution is 7.80. The topological polar surface area (TPSA) is 79.0 Å². The third kappa shape index (κ3) is 2.68. The summed E-state index contributed by atoms with van der Waals surface area (Å²) in [5, 5.41) is 12.7. The molecule has 13 heavy (non-hydrogen) atoms. The number of thiocarbonyl (C=S) groups is 1. The van der Waals surface area contributed by atoms with Crippen LogP contribution < -0.4 is 11.1 Å². The van der Waals surface area contributed by atoms with Crippen LogP contribution in [0.25, 0.3) is 0 Å². The molecule has 0 spiro atoms. The van der Waals surface area contributed by atoms with E-state index in [0.29, 0.717) is 5.69 Å². The number of rotatable bonds is 2. The molecule has 0 aliphatic carbocycles. The summed E-state index contributed by atoms with van der Waals surface area (Å²) in [6.07, 6.45) is 0. The molecule has 0 saturated carbocycles. The van der Waals surface area contributed by atoms with E-state index in [0.717, 1.165) is 0 Å². The summed E-state index contributed by atoms with van der Waals surface area (Å²) < 4.78 is 0. The van der Waals surface area contributed by atoms with Crippen LogP contribution in [0.3, 0.4) is 0 Å². The molecule has 0 bridgehead atoms. The summed E-state index contributed by atoms with van der Waals surface area (Å²) in [6, 6.07) is 5.69. The molecular weight excluding hydrogens is 190 g/mol. The molecule has 5 nitrogen and oxygen atoms in total. The van der Waals surface area contributed by atoms with Crippen molar-refractivity contribution in [1.82, 2.24) is 5.73 Å². The molecule has 0 aliphatic rings. The molecule has 0 atom stereocenters. The number of nitro groups is 1. The lowest BCUT2D eigenvalue weighted by Crippen LogP contribution is -2.08. The zero-order valence-electron chi connectivity index (χ0n) is 6.48. The smallest absolute Gasteiger partial charge is 0.269 e. The van der Waals surface area contributed by atoms with E-state index in [2.05, 4.69) is 17.5 Å². The lowest BCUT2D eigenvalue weighted by atomic mass is 10.3. The van der Waals surface area contributed by atoms with Gasteiger partial charge in [0.05, 0.1) is 4.92 Å². The Morgan fingerprint density at radius 2 is 2.00 bits per heavy atom. The highest BCUT2D eigenvalue weighted by Crippen LogP contribution is 2.14. The van der Waals surface area contributed by atoms with Gasteiger partial charge in [0.2, 0.25) is 0 Å². The van der Waals surface area contributed by atoms with Crippen LogP contribution in [0.4, 0.5) is 11.4 Å². The number of anilines is 1. The third-order valence-corrected chi connectivity index (χ3v) is 1.44. The van der Waals surface area contributed by atoms with E-state index in [-0.39, 0.29) is 10.8 Å². The van der Waals surface area contributed by atoms with Gasteiger partial charge in [0.15, 0.2) is 5.11 Å². The van der Waals surface area contributed by atoms with Gasteiger partial charge in [-0.15, -0.1) is 0 Å². The zero-order valence-corrected chi connectivity index (χ0v) is 7.30. The third-order valence-electron chi connectivity index (χ3n) is 1.34. The van der Waals surface area contributed by atoms with Crippen molar-refractivity contribution in [2.75, 3.05) is 5.32 Å². The van der Waals surface area contributed by atoms with Crippen LogP contribution in [0.5, 0.6) is 0 Å². The Balaban J connectivity index is 2.81. The van der Waals surface area contributed by atoms with Gasteiger partial charge < -0.3 is 5.32 Å². The quantitative estimate of drug-likeness (QED) is 0.442. The van der Waals surface area contributed by atoms with Crippen molar-refractivity contribution >= 4 is 28.7 Å². The number of nitrogens with zero attached hydrogens (tertiary/aromatic N) is 1. The Labute approximate surface area is 79.7 Å². The van der Waals surface area contributed by atoms with Crippen molar-refractivity contribution in [1.29, 1.82) is 0 Å². The van der Waals surface area contributed by atoms with Crippen LogP contribution >= 0.6 is 12.2 Å². The molecule has 0 amide bonds. The molecule has 0 fully saturated rings. The first-order valence-corrected chi connectivity index (χ1v) is 3.77. The molecular formula is C7H6N3O2S. The summed E-state index contributed by atoms with van der Waals surface area (Å²) in [5.74, 6) is 0. The molecule has 0 saturated heterocycles. The van der Waals surface area contributed by atoms with Crippen molar-refractivity contribution in [2.45, 2.75) is 0 Å². The summed E-state index contributed by atoms with van der Waals surface area (Å²) in [4.78, 5) is 9.77. The molecule has 0 unspecified atom stereocenters. The lowest BCUT2D eigenvalue weighted by Gasteiger charge is -2.00. The van der Waals surface area contributed by atoms with Crippen molar-refractivity contribution in [2.24, 2.45) is 0 Å². The minimum atomic E-state index is -0.483. The fourth-order valence-corrected chi connectivity index (χ4v) is 0.915. The summed E-state index contributed by atoms with van der Waals surface area (Å²) in [7, 11) is 0. The van der Waals surface area contributed by atoms with E-state index >= 15 is 0 Å². The van der Waals surface area contributed by atoms with E-state index in [1.807, 2.05) is 0 Å². The van der Waals surface area contributed by atoms with E-state index in [4.69, 9.17) is 5.73 Å². The van der Waals surface area contributed by atoms with Crippen molar-refractivity contribution in [3.63, 3.8) is 0 Å². The molecule has 0 heterocycles. The predicted octanol–water partition coefficient (Wildman–Crippen LogP) is 1.57. The molecule has 1 aromatic rings. The fourth-order valence-electron chi connectivity index (χ4n) is 0.798. The number of hydrogen-bond donors (Lipinski definition) is 1. The van der Waals surface area contributed by atoms with Crippen molar-refractivity contribution in [3.8, 4) is 0 Å². The molecule has 1 aromatic carbocycles. The standard InChI is InChI=1S/C7H6N3O2S/c8-7(13)9-5-1-3-6(4-2-5)10(11)12/h1-4,8H,(H,9,13). The second kappa shape index (κ2) is 3.81. The van der Waals surface area contributed by atoms with Crippen LogP contribution in [0, 0.1) is 10.1 Å². The average molecular weight is 196 g/mol. The minimum absolute atomic E-state index is 0.0152. The van der Waals surface area contributed by atoms with Gasteiger partial charge in [0.25, 0.3) is 5.69 Å². The summed E-state index contributed by atoms with van der Waals surface area (Å²) in [5.41, 5.74) is 7.53. The second-order valence-corrected chi connectivity index (χ2v) is 2.67.